The van der Waals surface area contributed by atoms with Crippen molar-refractivity contribution < 1.29 is 13.2 Å². The van der Waals surface area contributed by atoms with E-state index in [1.807, 2.05) is 0 Å². The first-order valence-electron chi connectivity index (χ1n) is 5.97. The van der Waals surface area contributed by atoms with Crippen LogP contribution >= 0.6 is 15.9 Å². The number of hydrogen-bond donors (Lipinski definition) is 2. The van der Waals surface area contributed by atoms with Crippen molar-refractivity contribution in [2.24, 2.45) is 0 Å². The second kappa shape index (κ2) is 6.31. The highest BCUT2D eigenvalue weighted by Gasteiger charge is 2.21. The molecule has 2 rings (SSSR count). The van der Waals surface area contributed by atoms with Gasteiger partial charge in [-0.05, 0) is 34.1 Å². The highest BCUT2D eigenvalue weighted by atomic mass is 79.9. The topological polar surface area (TPSA) is 80.3 Å². The lowest BCUT2D eigenvalue weighted by Gasteiger charge is -2.13. The maximum Gasteiger partial charge on any atom is 0.265 e. The molecule has 0 radical (unpaired) electrons. The SMILES string of the molecule is CNc1ncc(Br)cc1S(=O)(=O)Nc1ccccc1OC. The van der Waals surface area contributed by atoms with Gasteiger partial charge >= 0.3 is 0 Å². The number of ether oxygens (including phenoxy) is 1. The number of sulfonamides is 1. The number of anilines is 2. The summed E-state index contributed by atoms with van der Waals surface area (Å²) >= 11 is 3.22. The first-order valence-corrected chi connectivity index (χ1v) is 8.24. The summed E-state index contributed by atoms with van der Waals surface area (Å²) in [6.45, 7) is 0. The first-order chi connectivity index (χ1) is 9.97. The third-order valence-corrected chi connectivity index (χ3v) is 4.51. The summed E-state index contributed by atoms with van der Waals surface area (Å²) in [4.78, 5) is 4.09. The van der Waals surface area contributed by atoms with Crippen LogP contribution < -0.4 is 14.8 Å². The van der Waals surface area contributed by atoms with Gasteiger partial charge in [0, 0.05) is 17.7 Å². The fraction of sp³-hybridized carbons (Fsp3) is 0.154. The van der Waals surface area contributed by atoms with Crippen LogP contribution in [0.5, 0.6) is 5.75 Å². The van der Waals surface area contributed by atoms with Gasteiger partial charge in [-0.25, -0.2) is 13.4 Å². The quantitative estimate of drug-likeness (QED) is 0.844. The summed E-state index contributed by atoms with van der Waals surface area (Å²) in [6.07, 6.45) is 1.52. The number of para-hydroxylation sites is 2. The number of pyridine rings is 1. The molecule has 2 N–H and O–H groups in total. The van der Waals surface area contributed by atoms with E-state index in [-0.39, 0.29) is 10.7 Å². The molecule has 0 aliphatic carbocycles. The molecule has 1 heterocycles. The van der Waals surface area contributed by atoms with Crippen molar-refractivity contribution in [2.75, 3.05) is 24.2 Å². The minimum Gasteiger partial charge on any atom is -0.495 e. The van der Waals surface area contributed by atoms with Crippen molar-refractivity contribution in [1.82, 2.24) is 4.98 Å². The van der Waals surface area contributed by atoms with Crippen molar-refractivity contribution in [1.29, 1.82) is 0 Å². The number of nitrogens with one attached hydrogen (secondary N) is 2. The molecule has 0 saturated carbocycles. The summed E-state index contributed by atoms with van der Waals surface area (Å²) in [7, 11) is -0.708. The lowest BCUT2D eigenvalue weighted by Crippen LogP contribution is -2.16. The van der Waals surface area contributed by atoms with Crippen molar-refractivity contribution in [3.63, 3.8) is 0 Å². The Labute approximate surface area is 131 Å². The Hall–Kier alpha value is -1.80. The molecule has 0 bridgehead atoms. The number of halogens is 1. The van der Waals surface area contributed by atoms with Crippen LogP contribution in [0.2, 0.25) is 0 Å². The zero-order chi connectivity index (χ0) is 15.5. The van der Waals surface area contributed by atoms with Gasteiger partial charge in [0.05, 0.1) is 12.8 Å². The maximum absolute atomic E-state index is 12.5. The minimum atomic E-state index is -3.80. The molecule has 0 amide bonds. The normalized spacial score (nSPS) is 11.0. The zero-order valence-corrected chi connectivity index (χ0v) is 13.8. The molecule has 112 valence electrons. The minimum absolute atomic E-state index is 0.0466. The van der Waals surface area contributed by atoms with E-state index in [4.69, 9.17) is 4.74 Å². The van der Waals surface area contributed by atoms with Gasteiger partial charge in [-0.1, -0.05) is 12.1 Å². The molecule has 0 atom stereocenters. The molecule has 1 aromatic heterocycles. The van der Waals surface area contributed by atoms with E-state index in [9.17, 15) is 8.42 Å². The van der Waals surface area contributed by atoms with E-state index in [0.717, 1.165) is 0 Å². The van der Waals surface area contributed by atoms with E-state index in [2.05, 4.69) is 31.0 Å². The molecule has 0 aliphatic heterocycles. The lowest BCUT2D eigenvalue weighted by molar-refractivity contribution is 0.417. The summed E-state index contributed by atoms with van der Waals surface area (Å²) in [5.41, 5.74) is 0.363. The predicted octanol–water partition coefficient (Wildman–Crippen LogP) is 2.70. The molecular formula is C13H14BrN3O3S. The van der Waals surface area contributed by atoms with E-state index >= 15 is 0 Å². The highest BCUT2D eigenvalue weighted by Crippen LogP contribution is 2.29. The van der Waals surface area contributed by atoms with E-state index in [1.54, 1.807) is 31.3 Å². The Morgan fingerprint density at radius 2 is 2.00 bits per heavy atom. The number of aromatic nitrogens is 1. The maximum atomic E-state index is 12.5. The van der Waals surface area contributed by atoms with Gasteiger partial charge in [0.1, 0.15) is 16.5 Å². The van der Waals surface area contributed by atoms with Gasteiger partial charge in [-0.15, -0.1) is 0 Å². The molecule has 0 unspecified atom stereocenters. The van der Waals surface area contributed by atoms with Crippen molar-refractivity contribution >= 4 is 37.5 Å². The summed E-state index contributed by atoms with van der Waals surface area (Å²) in [5, 5.41) is 2.76. The fourth-order valence-corrected chi connectivity index (χ4v) is 3.48. The zero-order valence-electron chi connectivity index (χ0n) is 11.4. The Morgan fingerprint density at radius 1 is 1.29 bits per heavy atom. The van der Waals surface area contributed by atoms with Crippen molar-refractivity contribution in [3.8, 4) is 5.75 Å². The van der Waals surface area contributed by atoms with Crippen LogP contribution in [-0.4, -0.2) is 27.6 Å². The second-order valence-corrected chi connectivity index (χ2v) is 6.62. The highest BCUT2D eigenvalue weighted by molar-refractivity contribution is 9.10. The van der Waals surface area contributed by atoms with Gasteiger partial charge in [-0.3, -0.25) is 4.72 Å². The Kier molecular flexibility index (Phi) is 4.69. The van der Waals surface area contributed by atoms with Crippen LogP contribution in [0.1, 0.15) is 0 Å². The number of hydrogen-bond acceptors (Lipinski definition) is 5. The van der Waals surface area contributed by atoms with E-state index < -0.39 is 10.0 Å². The second-order valence-electron chi connectivity index (χ2n) is 4.06. The Bertz CT molecular complexity index is 750. The van der Waals surface area contributed by atoms with Crippen LogP contribution in [0.25, 0.3) is 0 Å². The van der Waals surface area contributed by atoms with Crippen LogP contribution in [0, 0.1) is 0 Å². The standard InChI is InChI=1S/C13H14BrN3O3S/c1-15-13-12(7-9(14)8-16-13)21(18,19)17-10-5-3-4-6-11(10)20-2/h3-8,17H,1-2H3,(H,15,16). The van der Waals surface area contributed by atoms with Gasteiger partial charge in [-0.2, -0.15) is 0 Å². The molecule has 6 nitrogen and oxygen atoms in total. The first kappa shape index (κ1) is 15.6. The number of benzene rings is 1. The van der Waals surface area contributed by atoms with Gasteiger partial charge < -0.3 is 10.1 Å². The van der Waals surface area contributed by atoms with Crippen molar-refractivity contribution in [3.05, 3.63) is 41.0 Å². The summed E-state index contributed by atoms with van der Waals surface area (Å²) in [5.74, 6) is 0.704. The third kappa shape index (κ3) is 3.45. The molecule has 0 fully saturated rings. The fourth-order valence-electron chi connectivity index (χ4n) is 1.74. The van der Waals surface area contributed by atoms with Crippen molar-refractivity contribution in [2.45, 2.75) is 4.90 Å². The Morgan fingerprint density at radius 3 is 2.67 bits per heavy atom. The number of nitrogens with zero attached hydrogens (tertiary/aromatic N) is 1. The van der Waals surface area contributed by atoms with Gasteiger partial charge in [0.15, 0.2) is 0 Å². The van der Waals surface area contributed by atoms with Gasteiger partial charge in [0.2, 0.25) is 0 Å². The monoisotopic (exact) mass is 371 g/mol. The van der Waals surface area contributed by atoms with Crippen LogP contribution in [0.3, 0.4) is 0 Å². The van der Waals surface area contributed by atoms with Gasteiger partial charge in [0.25, 0.3) is 10.0 Å². The van der Waals surface area contributed by atoms with Crippen LogP contribution in [-0.2, 0) is 10.0 Å². The molecule has 0 spiro atoms. The summed E-state index contributed by atoms with van der Waals surface area (Å²) < 4.78 is 33.3. The average molecular weight is 372 g/mol. The van der Waals surface area contributed by atoms with Crippen LogP contribution in [0.15, 0.2) is 45.9 Å². The molecule has 0 saturated heterocycles. The number of rotatable bonds is 5. The van der Waals surface area contributed by atoms with Crippen LogP contribution in [0.4, 0.5) is 11.5 Å². The lowest BCUT2D eigenvalue weighted by atomic mass is 10.3. The predicted molar refractivity (Wildman–Crippen MR) is 85.3 cm³/mol. The Balaban J connectivity index is 2.46. The number of methoxy groups -OCH3 is 1. The summed E-state index contributed by atoms with van der Waals surface area (Å²) in [6, 6.07) is 8.27. The molecule has 8 heteroatoms. The molecule has 0 aliphatic rings. The molecule has 1 aromatic carbocycles. The molecule has 21 heavy (non-hydrogen) atoms. The molecular weight excluding hydrogens is 358 g/mol. The van der Waals surface area contributed by atoms with E-state index in [1.165, 1.54) is 19.4 Å². The third-order valence-electron chi connectivity index (χ3n) is 2.70. The van der Waals surface area contributed by atoms with E-state index in [0.29, 0.717) is 15.9 Å². The largest absolute Gasteiger partial charge is 0.495 e. The average Bonchev–Trinajstić information content (AvgIpc) is 2.47. The molecule has 2 aromatic rings. The smallest absolute Gasteiger partial charge is 0.265 e.